The SMILES string of the molecule is C[C@@H](OC(=O)c1ccccc1NC(=O)c1ccco1)c1nnc(-c2cccs2)o1. The van der Waals surface area contributed by atoms with Gasteiger partial charge >= 0.3 is 5.97 Å². The van der Waals surface area contributed by atoms with E-state index in [4.69, 9.17) is 13.6 Å². The molecule has 3 heterocycles. The predicted molar refractivity (Wildman–Crippen MR) is 105 cm³/mol. The van der Waals surface area contributed by atoms with Crippen molar-refractivity contribution in [3.63, 3.8) is 0 Å². The average Bonchev–Trinajstić information content (AvgIpc) is 3.50. The molecule has 0 fully saturated rings. The molecule has 1 atom stereocenters. The molecule has 0 radical (unpaired) electrons. The van der Waals surface area contributed by atoms with E-state index in [2.05, 4.69) is 15.5 Å². The van der Waals surface area contributed by atoms with Crippen LogP contribution in [0, 0.1) is 0 Å². The van der Waals surface area contributed by atoms with E-state index in [1.165, 1.54) is 23.7 Å². The molecule has 3 aromatic heterocycles. The van der Waals surface area contributed by atoms with Crippen LogP contribution in [-0.4, -0.2) is 22.1 Å². The summed E-state index contributed by atoms with van der Waals surface area (Å²) in [6, 6.07) is 13.4. The van der Waals surface area contributed by atoms with Crippen molar-refractivity contribution in [1.29, 1.82) is 0 Å². The van der Waals surface area contributed by atoms with Gasteiger partial charge in [-0.2, -0.15) is 0 Å². The summed E-state index contributed by atoms with van der Waals surface area (Å²) in [5.74, 6) is -0.430. The van der Waals surface area contributed by atoms with Crippen molar-refractivity contribution in [3.05, 3.63) is 77.4 Å². The molecule has 0 unspecified atom stereocenters. The Bertz CT molecular complexity index is 1120. The van der Waals surface area contributed by atoms with Gasteiger partial charge in [0.25, 0.3) is 17.7 Å². The van der Waals surface area contributed by atoms with E-state index in [1.54, 1.807) is 37.3 Å². The first kappa shape index (κ1) is 18.6. The summed E-state index contributed by atoms with van der Waals surface area (Å²) in [5, 5.41) is 12.5. The summed E-state index contributed by atoms with van der Waals surface area (Å²) in [4.78, 5) is 25.7. The zero-order valence-electron chi connectivity index (χ0n) is 15.2. The largest absolute Gasteiger partial charge is 0.459 e. The van der Waals surface area contributed by atoms with Crippen molar-refractivity contribution in [2.24, 2.45) is 0 Å². The number of hydrogen-bond donors (Lipinski definition) is 1. The van der Waals surface area contributed by atoms with Gasteiger partial charge in [-0.1, -0.05) is 18.2 Å². The van der Waals surface area contributed by atoms with E-state index in [-0.39, 0.29) is 17.2 Å². The van der Waals surface area contributed by atoms with Crippen LogP contribution in [0.3, 0.4) is 0 Å². The number of thiophene rings is 1. The van der Waals surface area contributed by atoms with Crippen LogP contribution in [0.2, 0.25) is 0 Å². The quantitative estimate of drug-likeness (QED) is 0.465. The number of aromatic nitrogens is 2. The molecule has 29 heavy (non-hydrogen) atoms. The molecule has 0 aliphatic rings. The van der Waals surface area contributed by atoms with E-state index in [1.807, 2.05) is 17.5 Å². The van der Waals surface area contributed by atoms with Crippen molar-refractivity contribution < 1.29 is 23.2 Å². The van der Waals surface area contributed by atoms with E-state index in [0.29, 0.717) is 11.6 Å². The molecule has 0 aliphatic heterocycles. The summed E-state index contributed by atoms with van der Waals surface area (Å²) in [7, 11) is 0. The first-order valence-corrected chi connectivity index (χ1v) is 9.52. The van der Waals surface area contributed by atoms with E-state index < -0.39 is 18.0 Å². The fraction of sp³-hybridized carbons (Fsp3) is 0.100. The summed E-state index contributed by atoms with van der Waals surface area (Å²) < 4.78 is 16.1. The van der Waals surface area contributed by atoms with Crippen LogP contribution >= 0.6 is 11.3 Å². The third kappa shape index (κ3) is 4.09. The van der Waals surface area contributed by atoms with Gasteiger partial charge in [0, 0.05) is 0 Å². The fourth-order valence-electron chi connectivity index (χ4n) is 2.53. The third-order valence-corrected chi connectivity index (χ3v) is 4.80. The molecule has 1 N–H and O–H groups in total. The van der Waals surface area contributed by atoms with Crippen molar-refractivity contribution in [1.82, 2.24) is 10.2 Å². The lowest BCUT2D eigenvalue weighted by atomic mass is 10.1. The zero-order valence-corrected chi connectivity index (χ0v) is 16.0. The van der Waals surface area contributed by atoms with Gasteiger partial charge < -0.3 is 18.9 Å². The lowest BCUT2D eigenvalue weighted by Crippen LogP contribution is -2.16. The lowest BCUT2D eigenvalue weighted by Gasteiger charge is -2.12. The summed E-state index contributed by atoms with van der Waals surface area (Å²) in [6.45, 7) is 1.63. The number of anilines is 1. The first-order chi connectivity index (χ1) is 14.1. The first-order valence-electron chi connectivity index (χ1n) is 8.64. The van der Waals surface area contributed by atoms with Gasteiger partial charge in [0.1, 0.15) is 0 Å². The maximum atomic E-state index is 12.7. The van der Waals surface area contributed by atoms with Crippen LogP contribution in [0.5, 0.6) is 0 Å². The minimum atomic E-state index is -0.766. The molecule has 1 aromatic carbocycles. The van der Waals surface area contributed by atoms with Gasteiger partial charge in [-0.15, -0.1) is 21.5 Å². The Morgan fingerprint density at radius 2 is 1.97 bits per heavy atom. The van der Waals surface area contributed by atoms with Crippen LogP contribution < -0.4 is 5.32 Å². The number of carbonyl (C=O) groups is 2. The molecule has 0 aliphatic carbocycles. The Morgan fingerprint density at radius 3 is 2.72 bits per heavy atom. The number of nitrogens with one attached hydrogen (secondary N) is 1. The summed E-state index contributed by atoms with van der Waals surface area (Å²) >= 11 is 1.47. The summed E-state index contributed by atoms with van der Waals surface area (Å²) in [5.41, 5.74) is 0.494. The van der Waals surface area contributed by atoms with E-state index in [9.17, 15) is 9.59 Å². The van der Waals surface area contributed by atoms with Crippen LogP contribution in [0.15, 0.2) is 69.0 Å². The highest BCUT2D eigenvalue weighted by Crippen LogP contribution is 2.27. The molecule has 0 spiro atoms. The lowest BCUT2D eigenvalue weighted by molar-refractivity contribution is 0.0281. The van der Waals surface area contributed by atoms with Gasteiger partial charge in [-0.3, -0.25) is 4.79 Å². The zero-order chi connectivity index (χ0) is 20.2. The smallest absolute Gasteiger partial charge is 0.341 e. The minimum Gasteiger partial charge on any atom is -0.459 e. The maximum absolute atomic E-state index is 12.7. The number of hydrogen-bond acceptors (Lipinski definition) is 8. The number of benzene rings is 1. The second-order valence-electron chi connectivity index (χ2n) is 5.95. The molecular formula is C20H15N3O5S. The molecule has 4 aromatic rings. The number of esters is 1. The molecule has 0 saturated heterocycles. The van der Waals surface area contributed by atoms with Gasteiger partial charge in [0.2, 0.25) is 0 Å². The molecule has 1 amide bonds. The highest BCUT2D eigenvalue weighted by atomic mass is 32.1. The van der Waals surface area contributed by atoms with Gasteiger partial charge in [0.05, 0.1) is 22.4 Å². The van der Waals surface area contributed by atoms with Crippen molar-refractivity contribution in [3.8, 4) is 10.8 Å². The molecular weight excluding hydrogens is 394 g/mol. The summed E-state index contributed by atoms with van der Waals surface area (Å²) in [6.07, 6.45) is 0.628. The molecule has 146 valence electrons. The number of carbonyl (C=O) groups excluding carboxylic acids is 2. The van der Waals surface area contributed by atoms with Crippen molar-refractivity contribution >= 4 is 28.9 Å². The monoisotopic (exact) mass is 409 g/mol. The number of para-hydroxylation sites is 1. The van der Waals surface area contributed by atoms with Gasteiger partial charge in [0.15, 0.2) is 11.9 Å². The standard InChI is InChI=1S/C20H15N3O5S/c1-12(18-22-23-19(28-18)16-9-5-11-29-16)27-20(25)13-6-2-3-7-14(13)21-17(24)15-8-4-10-26-15/h2-12H,1H3,(H,21,24)/t12-/m1/s1. The Hall–Kier alpha value is -3.72. The minimum absolute atomic E-state index is 0.133. The van der Waals surface area contributed by atoms with Crippen LogP contribution in [-0.2, 0) is 4.74 Å². The highest BCUT2D eigenvalue weighted by Gasteiger charge is 2.22. The van der Waals surface area contributed by atoms with Crippen molar-refractivity contribution in [2.45, 2.75) is 13.0 Å². The molecule has 4 rings (SSSR count). The Balaban J connectivity index is 1.48. The maximum Gasteiger partial charge on any atom is 0.341 e. The number of amides is 1. The third-order valence-electron chi connectivity index (χ3n) is 3.94. The van der Waals surface area contributed by atoms with Crippen LogP contribution in [0.4, 0.5) is 5.69 Å². The van der Waals surface area contributed by atoms with E-state index >= 15 is 0 Å². The number of rotatable bonds is 6. The van der Waals surface area contributed by atoms with E-state index in [0.717, 1.165) is 4.88 Å². The number of furan rings is 1. The van der Waals surface area contributed by atoms with Gasteiger partial charge in [-0.05, 0) is 42.6 Å². The molecule has 9 heteroatoms. The molecule has 0 bridgehead atoms. The normalized spacial score (nSPS) is 11.8. The highest BCUT2D eigenvalue weighted by molar-refractivity contribution is 7.13. The van der Waals surface area contributed by atoms with Crippen LogP contribution in [0.1, 0.15) is 39.8 Å². The van der Waals surface area contributed by atoms with Crippen molar-refractivity contribution in [2.75, 3.05) is 5.32 Å². The Morgan fingerprint density at radius 1 is 1.10 bits per heavy atom. The Labute approximate surface area is 169 Å². The predicted octanol–water partition coefficient (Wildman–Crippen LogP) is 4.56. The Kier molecular flexibility index (Phi) is 5.21. The van der Waals surface area contributed by atoms with Gasteiger partial charge in [-0.25, -0.2) is 4.79 Å². The topological polar surface area (TPSA) is 107 Å². The molecule has 0 saturated carbocycles. The second kappa shape index (κ2) is 8.11. The number of ether oxygens (including phenoxy) is 1. The second-order valence-corrected chi connectivity index (χ2v) is 6.89. The molecule has 8 nitrogen and oxygen atoms in total. The number of nitrogens with zero attached hydrogens (tertiary/aromatic N) is 2. The fourth-order valence-corrected chi connectivity index (χ4v) is 3.18. The average molecular weight is 409 g/mol. The van der Waals surface area contributed by atoms with Crippen LogP contribution in [0.25, 0.3) is 10.8 Å².